The molecule has 1 unspecified atom stereocenters. The third-order valence-corrected chi connectivity index (χ3v) is 2.14. The van der Waals surface area contributed by atoms with Crippen LogP contribution in [0.2, 0.25) is 0 Å². The zero-order chi connectivity index (χ0) is 8.39. The van der Waals surface area contributed by atoms with E-state index in [-0.39, 0.29) is 6.23 Å². The highest BCUT2D eigenvalue weighted by Crippen LogP contribution is 2.19. The van der Waals surface area contributed by atoms with Crippen LogP contribution in [0.25, 0.3) is 0 Å². The minimum atomic E-state index is 0.199. The van der Waals surface area contributed by atoms with Crippen molar-refractivity contribution < 1.29 is 9.26 Å². The van der Waals surface area contributed by atoms with E-state index in [2.05, 4.69) is 21.6 Å². The van der Waals surface area contributed by atoms with Crippen molar-refractivity contribution in [1.29, 1.82) is 0 Å². The largest absolute Gasteiger partial charge is 0.470 e. The maximum Gasteiger partial charge on any atom is 0.181 e. The SMILES string of the molecule is CN1CCCC1Oc1cnoc1. The molecule has 1 aliphatic heterocycles. The van der Waals surface area contributed by atoms with Crippen molar-refractivity contribution >= 4 is 0 Å². The van der Waals surface area contributed by atoms with E-state index in [1.807, 2.05) is 0 Å². The first-order valence-corrected chi connectivity index (χ1v) is 4.12. The molecular formula is C8H12N2O2. The predicted molar refractivity (Wildman–Crippen MR) is 42.8 cm³/mol. The van der Waals surface area contributed by atoms with Gasteiger partial charge in [-0.25, -0.2) is 0 Å². The van der Waals surface area contributed by atoms with Gasteiger partial charge in [0.05, 0.1) is 0 Å². The maximum absolute atomic E-state index is 5.60. The van der Waals surface area contributed by atoms with E-state index in [1.165, 1.54) is 12.7 Å². The van der Waals surface area contributed by atoms with Gasteiger partial charge >= 0.3 is 0 Å². The number of nitrogens with zero attached hydrogens (tertiary/aromatic N) is 2. The molecule has 0 radical (unpaired) electrons. The van der Waals surface area contributed by atoms with Crippen LogP contribution < -0.4 is 4.74 Å². The molecule has 1 fully saturated rings. The van der Waals surface area contributed by atoms with Crippen LogP contribution >= 0.6 is 0 Å². The third-order valence-electron chi connectivity index (χ3n) is 2.14. The number of hydrogen-bond donors (Lipinski definition) is 0. The van der Waals surface area contributed by atoms with E-state index >= 15 is 0 Å². The van der Waals surface area contributed by atoms with Gasteiger partial charge in [-0.05, 0) is 19.9 Å². The molecule has 4 nitrogen and oxygen atoms in total. The number of hydrogen-bond acceptors (Lipinski definition) is 4. The van der Waals surface area contributed by atoms with Crippen LogP contribution in [0.15, 0.2) is 17.0 Å². The lowest BCUT2D eigenvalue weighted by molar-refractivity contribution is 0.0805. The van der Waals surface area contributed by atoms with E-state index in [0.717, 1.165) is 13.0 Å². The summed E-state index contributed by atoms with van der Waals surface area (Å²) in [4.78, 5) is 2.19. The highest BCUT2D eigenvalue weighted by atomic mass is 16.5. The topological polar surface area (TPSA) is 38.5 Å². The van der Waals surface area contributed by atoms with Gasteiger partial charge in [0.15, 0.2) is 18.2 Å². The summed E-state index contributed by atoms with van der Waals surface area (Å²) in [6.45, 7) is 1.11. The van der Waals surface area contributed by atoms with E-state index in [4.69, 9.17) is 4.74 Å². The third kappa shape index (κ3) is 1.43. The molecule has 0 saturated carbocycles. The minimum Gasteiger partial charge on any atom is -0.470 e. The summed E-state index contributed by atoms with van der Waals surface area (Å²) in [5.74, 6) is 0.716. The van der Waals surface area contributed by atoms with Crippen LogP contribution in [0.3, 0.4) is 0 Å². The van der Waals surface area contributed by atoms with Crippen molar-refractivity contribution in [2.45, 2.75) is 19.1 Å². The highest BCUT2D eigenvalue weighted by Gasteiger charge is 2.22. The standard InChI is InChI=1S/C8H12N2O2/c1-10-4-2-3-8(10)12-7-5-9-11-6-7/h5-6,8H,2-4H2,1H3. The molecule has 2 rings (SSSR count). The Morgan fingerprint density at radius 1 is 1.75 bits per heavy atom. The molecule has 4 heteroatoms. The van der Waals surface area contributed by atoms with Crippen molar-refractivity contribution in [3.8, 4) is 5.75 Å². The summed E-state index contributed by atoms with van der Waals surface area (Å²) in [7, 11) is 2.06. The molecule has 1 saturated heterocycles. The quantitative estimate of drug-likeness (QED) is 0.663. The molecule has 1 aromatic rings. The monoisotopic (exact) mass is 168 g/mol. The first-order valence-electron chi connectivity index (χ1n) is 4.12. The fourth-order valence-electron chi connectivity index (χ4n) is 1.44. The molecular weight excluding hydrogens is 156 g/mol. The summed E-state index contributed by atoms with van der Waals surface area (Å²) in [5.41, 5.74) is 0. The number of aromatic nitrogens is 1. The second-order valence-corrected chi connectivity index (χ2v) is 3.06. The molecule has 0 bridgehead atoms. The van der Waals surface area contributed by atoms with Gasteiger partial charge in [0.2, 0.25) is 0 Å². The Balaban J connectivity index is 1.95. The van der Waals surface area contributed by atoms with Crippen molar-refractivity contribution in [2.75, 3.05) is 13.6 Å². The van der Waals surface area contributed by atoms with Gasteiger partial charge in [-0.15, -0.1) is 0 Å². The molecule has 0 spiro atoms. The van der Waals surface area contributed by atoms with Gasteiger partial charge in [0, 0.05) is 6.54 Å². The average Bonchev–Trinajstić information content (AvgIpc) is 2.65. The normalized spacial score (nSPS) is 24.6. The first-order chi connectivity index (χ1) is 5.86. The minimum absolute atomic E-state index is 0.199. The average molecular weight is 168 g/mol. The van der Waals surface area contributed by atoms with Crippen LogP contribution in [-0.4, -0.2) is 29.9 Å². The van der Waals surface area contributed by atoms with Gasteiger partial charge in [0.1, 0.15) is 6.20 Å². The molecule has 2 heterocycles. The lowest BCUT2D eigenvalue weighted by Gasteiger charge is -2.19. The Morgan fingerprint density at radius 2 is 2.67 bits per heavy atom. The Labute approximate surface area is 71.1 Å². The van der Waals surface area contributed by atoms with Crippen molar-refractivity contribution in [1.82, 2.24) is 10.1 Å². The molecule has 0 aliphatic carbocycles. The fourth-order valence-corrected chi connectivity index (χ4v) is 1.44. The van der Waals surface area contributed by atoms with E-state index < -0.39 is 0 Å². The lowest BCUT2D eigenvalue weighted by Crippen LogP contribution is -2.29. The van der Waals surface area contributed by atoms with Crippen LogP contribution in [0.1, 0.15) is 12.8 Å². The molecule has 0 aromatic carbocycles. The van der Waals surface area contributed by atoms with Gasteiger partial charge < -0.3 is 9.26 Å². The zero-order valence-electron chi connectivity index (χ0n) is 7.06. The van der Waals surface area contributed by atoms with E-state index in [0.29, 0.717) is 5.75 Å². The predicted octanol–water partition coefficient (Wildman–Crippen LogP) is 1.11. The van der Waals surface area contributed by atoms with Crippen molar-refractivity contribution in [2.24, 2.45) is 0 Å². The maximum atomic E-state index is 5.60. The molecule has 12 heavy (non-hydrogen) atoms. The highest BCUT2D eigenvalue weighted by molar-refractivity contribution is 5.08. The summed E-state index contributed by atoms with van der Waals surface area (Å²) in [6, 6.07) is 0. The van der Waals surface area contributed by atoms with Crippen LogP contribution in [0.5, 0.6) is 5.75 Å². The zero-order valence-corrected chi connectivity index (χ0v) is 7.06. The molecule has 0 N–H and O–H groups in total. The molecule has 1 aromatic heterocycles. The number of ether oxygens (including phenoxy) is 1. The molecule has 66 valence electrons. The Bertz CT molecular complexity index is 235. The van der Waals surface area contributed by atoms with Gasteiger partial charge in [0.25, 0.3) is 0 Å². The second kappa shape index (κ2) is 3.15. The Kier molecular flexibility index (Phi) is 1.99. The van der Waals surface area contributed by atoms with Gasteiger partial charge in [-0.3, -0.25) is 4.90 Å². The first kappa shape index (κ1) is 7.61. The molecule has 1 atom stereocenters. The summed E-state index contributed by atoms with van der Waals surface area (Å²) in [6.07, 6.45) is 5.59. The number of likely N-dealkylation sites (tertiary alicyclic amines) is 1. The van der Waals surface area contributed by atoms with Gasteiger partial charge in [-0.2, -0.15) is 0 Å². The summed E-state index contributed by atoms with van der Waals surface area (Å²) >= 11 is 0. The van der Waals surface area contributed by atoms with Crippen molar-refractivity contribution in [3.05, 3.63) is 12.5 Å². The smallest absolute Gasteiger partial charge is 0.181 e. The number of rotatable bonds is 2. The van der Waals surface area contributed by atoms with E-state index in [9.17, 15) is 0 Å². The molecule has 1 aliphatic rings. The second-order valence-electron chi connectivity index (χ2n) is 3.06. The van der Waals surface area contributed by atoms with E-state index in [1.54, 1.807) is 6.20 Å². The fraction of sp³-hybridized carbons (Fsp3) is 0.625. The van der Waals surface area contributed by atoms with Gasteiger partial charge in [-0.1, -0.05) is 5.16 Å². The van der Waals surface area contributed by atoms with Crippen molar-refractivity contribution in [3.63, 3.8) is 0 Å². The summed E-state index contributed by atoms with van der Waals surface area (Å²) in [5, 5.41) is 3.57. The summed E-state index contributed by atoms with van der Waals surface area (Å²) < 4.78 is 10.3. The Hall–Kier alpha value is -1.03. The van der Waals surface area contributed by atoms with Crippen LogP contribution in [0, 0.1) is 0 Å². The Morgan fingerprint density at radius 3 is 3.25 bits per heavy atom. The van der Waals surface area contributed by atoms with Crippen LogP contribution in [-0.2, 0) is 0 Å². The lowest BCUT2D eigenvalue weighted by atomic mass is 10.4. The van der Waals surface area contributed by atoms with Crippen LogP contribution in [0.4, 0.5) is 0 Å². The molecule has 0 amide bonds.